The van der Waals surface area contributed by atoms with Crippen molar-refractivity contribution in [3.8, 4) is 0 Å². The topological polar surface area (TPSA) is 37.3 Å². The Kier molecular flexibility index (Phi) is 7.69. The molecule has 2 saturated heterocycles. The van der Waals surface area contributed by atoms with E-state index in [-0.39, 0.29) is 0 Å². The Bertz CT molecular complexity index is 1000. The fourth-order valence-corrected chi connectivity index (χ4v) is 10.1. The molecule has 2 aromatic rings. The molecular weight excluding hydrogens is 497 g/mol. The van der Waals surface area contributed by atoms with Crippen LogP contribution in [-0.4, -0.2) is 67.8 Å². The van der Waals surface area contributed by atoms with Gasteiger partial charge in [-0.05, 0) is 43.5 Å². The minimum absolute atomic E-state index is 0.383. The molecule has 1 aliphatic carbocycles. The summed E-state index contributed by atoms with van der Waals surface area (Å²) < 4.78 is 21.1. The molecule has 0 N–H and O–H groups in total. The van der Waals surface area contributed by atoms with Crippen molar-refractivity contribution in [1.82, 2.24) is 9.57 Å². The third kappa shape index (κ3) is 5.01. The van der Waals surface area contributed by atoms with E-state index in [0.717, 1.165) is 69.2 Å². The summed E-state index contributed by atoms with van der Waals surface area (Å²) in [6.07, 6.45) is 6.05. The first-order valence-corrected chi connectivity index (χ1v) is 14.6. The van der Waals surface area contributed by atoms with E-state index in [0.29, 0.717) is 5.66 Å². The van der Waals surface area contributed by atoms with Gasteiger partial charge in [0, 0.05) is 41.7 Å². The normalized spacial score (nSPS) is 24.1. The Morgan fingerprint density at radius 3 is 2.21 bits per heavy atom. The van der Waals surface area contributed by atoms with Crippen LogP contribution >= 0.6 is 23.1 Å². The van der Waals surface area contributed by atoms with E-state index < -0.39 is 7.21 Å². The summed E-state index contributed by atoms with van der Waals surface area (Å²) in [6.45, 7) is 6.95. The molecule has 33 heavy (non-hydrogen) atoms. The van der Waals surface area contributed by atoms with Crippen LogP contribution in [-0.2, 0) is 9.47 Å². The van der Waals surface area contributed by atoms with Gasteiger partial charge >= 0.3 is 0 Å². The largest absolute Gasteiger partial charge is 0.379 e. The predicted molar refractivity (Wildman–Crippen MR) is 140 cm³/mol. The van der Waals surface area contributed by atoms with E-state index in [1.54, 1.807) is 0 Å². The van der Waals surface area contributed by atoms with Crippen LogP contribution in [0.15, 0.2) is 75.6 Å². The van der Waals surface area contributed by atoms with Crippen molar-refractivity contribution in [2.24, 2.45) is 4.74 Å². The molecule has 2 heterocycles. The lowest BCUT2D eigenvalue weighted by molar-refractivity contribution is 0.0510. The quantitative estimate of drug-likeness (QED) is 0.471. The fourth-order valence-electron chi connectivity index (χ4n) is 5.29. The molecule has 3 aliphatic rings. The van der Waals surface area contributed by atoms with Crippen LogP contribution in [0, 0.1) is 0 Å². The first kappa shape index (κ1) is 23.3. The molecular formula is C26H33BrN3O2P. The second-order valence-corrected chi connectivity index (χ2v) is 12.9. The number of allylic oxidation sites excluding steroid dienone is 2. The second kappa shape index (κ2) is 10.9. The lowest BCUT2D eigenvalue weighted by Gasteiger charge is -2.48. The van der Waals surface area contributed by atoms with Gasteiger partial charge in [0.15, 0.2) is 0 Å². The number of benzene rings is 2. The van der Waals surface area contributed by atoms with Crippen molar-refractivity contribution >= 4 is 34.1 Å². The number of hydrogen-bond acceptors (Lipinski definition) is 4. The van der Waals surface area contributed by atoms with Gasteiger partial charge in [0.25, 0.3) is 0 Å². The van der Waals surface area contributed by atoms with Crippen LogP contribution in [0.25, 0.3) is 0 Å². The zero-order valence-electron chi connectivity index (χ0n) is 19.1. The van der Waals surface area contributed by atoms with Crippen molar-refractivity contribution in [2.45, 2.75) is 24.9 Å². The Hall–Kier alpha value is -1.43. The van der Waals surface area contributed by atoms with Gasteiger partial charge in [-0.25, -0.2) is 4.74 Å². The highest BCUT2D eigenvalue weighted by Gasteiger charge is 2.42. The van der Waals surface area contributed by atoms with Crippen molar-refractivity contribution < 1.29 is 9.47 Å². The average Bonchev–Trinajstić information content (AvgIpc) is 2.90. The Labute approximate surface area is 206 Å². The molecule has 2 atom stereocenters. The maximum absolute atomic E-state index is 5.81. The molecule has 5 rings (SSSR count). The molecule has 2 aromatic carbocycles. The Morgan fingerprint density at radius 2 is 1.52 bits per heavy atom. The third-order valence-corrected chi connectivity index (χ3v) is 11.6. The molecule has 0 spiro atoms. The van der Waals surface area contributed by atoms with Crippen LogP contribution in [0.1, 0.15) is 19.3 Å². The van der Waals surface area contributed by atoms with E-state index in [4.69, 9.17) is 14.2 Å². The molecule has 176 valence electrons. The molecule has 0 radical (unpaired) electrons. The number of halogens is 1. The Morgan fingerprint density at radius 1 is 0.848 bits per heavy atom. The fraction of sp³-hybridized carbons (Fsp3) is 0.462. The number of rotatable bonds is 5. The molecule has 0 saturated carbocycles. The smallest absolute Gasteiger partial charge is 0.0756 e. The SMILES string of the molecule is Brc1ccc(N=P(c2ccccc2)(C2CCCC=C2N2CCOCC2)N2CCOCC2)cc1. The highest BCUT2D eigenvalue weighted by atomic mass is 79.9. The third-order valence-electron chi connectivity index (χ3n) is 6.84. The van der Waals surface area contributed by atoms with Crippen LogP contribution in [0.3, 0.4) is 0 Å². The van der Waals surface area contributed by atoms with Gasteiger partial charge in [-0.2, -0.15) is 0 Å². The van der Waals surface area contributed by atoms with Crippen molar-refractivity contribution in [3.63, 3.8) is 0 Å². The second-order valence-electron chi connectivity index (χ2n) is 8.80. The number of hydrogen-bond donors (Lipinski definition) is 0. The number of morpholine rings is 2. The Balaban J connectivity index is 1.72. The highest BCUT2D eigenvalue weighted by Crippen LogP contribution is 2.63. The van der Waals surface area contributed by atoms with Crippen molar-refractivity contribution in [2.75, 3.05) is 52.6 Å². The average molecular weight is 530 g/mol. The highest BCUT2D eigenvalue weighted by molar-refractivity contribution is 9.10. The first-order chi connectivity index (χ1) is 16.3. The summed E-state index contributed by atoms with van der Waals surface area (Å²) in [5.74, 6) is 0. The summed E-state index contributed by atoms with van der Waals surface area (Å²) in [4.78, 5) is 2.59. The summed E-state index contributed by atoms with van der Waals surface area (Å²) >= 11 is 3.60. The van der Waals surface area contributed by atoms with Crippen molar-refractivity contribution in [3.05, 3.63) is 70.8 Å². The van der Waals surface area contributed by atoms with E-state index in [2.05, 4.69) is 86.2 Å². The molecule has 2 fully saturated rings. The minimum atomic E-state index is -2.15. The monoisotopic (exact) mass is 529 g/mol. The molecule has 7 heteroatoms. The molecule has 0 amide bonds. The van der Waals surface area contributed by atoms with Gasteiger partial charge in [0.2, 0.25) is 0 Å². The molecule has 0 bridgehead atoms. The van der Waals surface area contributed by atoms with E-state index >= 15 is 0 Å². The summed E-state index contributed by atoms with van der Waals surface area (Å²) in [5.41, 5.74) is 2.94. The zero-order chi connectivity index (χ0) is 22.5. The van der Waals surface area contributed by atoms with Crippen LogP contribution in [0.4, 0.5) is 5.69 Å². The standard InChI is InChI=1S/C26H33BrN3O2P/c27-22-10-12-23(13-11-22)28-33(24-6-2-1-3-7-24,30-16-20-32-21-17-30)26-9-5-4-8-25(26)29-14-18-31-19-15-29/h1-3,6-8,10-13,26H,4-5,9,14-21H2. The van der Waals surface area contributed by atoms with Gasteiger partial charge in [-0.3, -0.25) is 4.67 Å². The van der Waals surface area contributed by atoms with Gasteiger partial charge < -0.3 is 14.4 Å². The van der Waals surface area contributed by atoms with Gasteiger partial charge in [0.05, 0.1) is 45.0 Å². The van der Waals surface area contributed by atoms with Gasteiger partial charge in [-0.15, -0.1) is 0 Å². The number of nitrogens with zero attached hydrogens (tertiary/aromatic N) is 3. The minimum Gasteiger partial charge on any atom is -0.379 e. The van der Waals surface area contributed by atoms with E-state index in [1.165, 1.54) is 23.8 Å². The molecule has 0 aromatic heterocycles. The van der Waals surface area contributed by atoms with Gasteiger partial charge in [0.1, 0.15) is 0 Å². The lowest BCUT2D eigenvalue weighted by atomic mass is 10.0. The summed E-state index contributed by atoms with van der Waals surface area (Å²) in [6, 6.07) is 19.7. The molecule has 5 nitrogen and oxygen atoms in total. The maximum Gasteiger partial charge on any atom is 0.0756 e. The number of ether oxygens (including phenoxy) is 2. The van der Waals surface area contributed by atoms with Crippen molar-refractivity contribution in [1.29, 1.82) is 0 Å². The van der Waals surface area contributed by atoms with Crippen LogP contribution in [0.2, 0.25) is 0 Å². The lowest BCUT2D eigenvalue weighted by Crippen LogP contribution is -2.45. The summed E-state index contributed by atoms with van der Waals surface area (Å²) in [5, 5.41) is 1.38. The van der Waals surface area contributed by atoms with E-state index in [1.807, 2.05) is 0 Å². The zero-order valence-corrected chi connectivity index (χ0v) is 21.6. The molecule has 2 unspecified atom stereocenters. The summed E-state index contributed by atoms with van der Waals surface area (Å²) in [7, 11) is -2.15. The van der Waals surface area contributed by atoms with Crippen LogP contribution in [0.5, 0.6) is 0 Å². The van der Waals surface area contributed by atoms with Gasteiger partial charge in [-0.1, -0.05) is 52.3 Å². The first-order valence-electron chi connectivity index (χ1n) is 12.1. The molecule has 2 aliphatic heterocycles. The van der Waals surface area contributed by atoms with E-state index in [9.17, 15) is 0 Å². The predicted octanol–water partition coefficient (Wildman–Crippen LogP) is 5.62. The van der Waals surface area contributed by atoms with Crippen LogP contribution < -0.4 is 5.30 Å². The maximum atomic E-state index is 5.81.